The van der Waals surface area contributed by atoms with Crippen LogP contribution in [-0.4, -0.2) is 30.0 Å². The average molecular weight is 579 g/mol. The molecule has 0 saturated carbocycles. The van der Waals surface area contributed by atoms with E-state index in [0.717, 1.165) is 64.8 Å². The highest BCUT2D eigenvalue weighted by atomic mass is 15.4. The van der Waals surface area contributed by atoms with E-state index >= 15 is 0 Å². The van der Waals surface area contributed by atoms with Gasteiger partial charge in [0.25, 0.3) is 0 Å². The third-order valence-corrected chi connectivity index (χ3v) is 8.73. The van der Waals surface area contributed by atoms with E-state index in [2.05, 4.69) is 150 Å². The zero-order valence-corrected chi connectivity index (χ0v) is 26.8. The van der Waals surface area contributed by atoms with Crippen molar-refractivity contribution in [2.45, 2.75) is 66.2 Å². The Kier molecular flexibility index (Phi) is 6.26. The molecule has 0 radical (unpaired) electrons. The molecular formula is C38H38N6. The number of rotatable bonds is 2. The molecule has 0 amide bonds. The average Bonchev–Trinajstić information content (AvgIpc) is 3.60. The summed E-state index contributed by atoms with van der Waals surface area (Å²) in [4.78, 5) is 0. The van der Waals surface area contributed by atoms with Crippen molar-refractivity contribution < 1.29 is 0 Å². The minimum Gasteiger partial charge on any atom is -0.212 e. The molecule has 6 aromatic rings. The van der Waals surface area contributed by atoms with Crippen LogP contribution in [-0.2, 0) is 10.8 Å². The molecule has 4 aromatic carbocycles. The fraction of sp³-hybridized carbons (Fsp3) is 0.263. The number of benzene rings is 4. The van der Waals surface area contributed by atoms with Crippen LogP contribution in [0.2, 0.25) is 0 Å². The highest BCUT2D eigenvalue weighted by Crippen LogP contribution is 2.32. The number of nitrogens with zero attached hydrogens (tertiary/aromatic N) is 6. The standard InChI is InChI=1S/C38H38N6/c1-23-15-13-21-29(37(3,4)5)33(23)43-35-27-19-11-9-17-25(27)32-36(28-20-12-10-18-26(28)31(35)39-41-43)44(42-40-32)34-24(2)16-14-22-30(34)38(6,7)8/h9-22H,1-8H3/b31-26+,32-25+,35-27+,36-28+. The third-order valence-electron chi connectivity index (χ3n) is 8.73. The van der Waals surface area contributed by atoms with Gasteiger partial charge in [-0.15, -0.1) is 10.2 Å². The Morgan fingerprint density at radius 2 is 0.818 bits per heavy atom. The van der Waals surface area contributed by atoms with Crippen molar-refractivity contribution in [1.29, 1.82) is 0 Å². The Morgan fingerprint density at radius 3 is 1.18 bits per heavy atom. The molecule has 0 unspecified atom stereocenters. The molecule has 6 nitrogen and oxygen atoms in total. The number of hydrogen-bond acceptors (Lipinski definition) is 4. The first kappa shape index (κ1) is 28.0. The van der Waals surface area contributed by atoms with Crippen LogP contribution in [0.15, 0.2) is 84.9 Å². The Bertz CT molecular complexity index is 2320. The summed E-state index contributed by atoms with van der Waals surface area (Å²) in [6.45, 7) is 17.8. The fourth-order valence-electron chi connectivity index (χ4n) is 6.61. The van der Waals surface area contributed by atoms with Crippen LogP contribution in [0.25, 0.3) is 11.4 Å². The molecule has 1 aliphatic carbocycles. The SMILES string of the molecule is Cc1cccc(C(C)(C)C)c1-n1nnc2/c1=c1/cccc/c1=c1\nnn(-c3c(C)cccc3C(C)(C)C)\c1=c1/cccc/c1=2. The van der Waals surface area contributed by atoms with Crippen molar-refractivity contribution in [1.82, 2.24) is 30.0 Å². The topological polar surface area (TPSA) is 61.4 Å². The molecule has 2 aromatic heterocycles. The van der Waals surface area contributed by atoms with Gasteiger partial charge in [-0.2, -0.15) is 0 Å². The Labute approximate surface area is 256 Å². The number of fused-ring (bicyclic) bond motifs is 4. The molecular weight excluding hydrogens is 540 g/mol. The van der Waals surface area contributed by atoms with Crippen LogP contribution in [0.1, 0.15) is 63.8 Å². The van der Waals surface area contributed by atoms with Gasteiger partial charge >= 0.3 is 0 Å². The summed E-state index contributed by atoms with van der Waals surface area (Å²) < 4.78 is 4.10. The van der Waals surface area contributed by atoms with Gasteiger partial charge in [0.2, 0.25) is 0 Å². The van der Waals surface area contributed by atoms with Crippen LogP contribution < -0.4 is 0 Å². The minimum atomic E-state index is -0.0899. The molecule has 0 atom stereocenters. The van der Waals surface area contributed by atoms with Crippen molar-refractivity contribution in [2.75, 3.05) is 0 Å². The highest BCUT2D eigenvalue weighted by molar-refractivity contribution is 5.52. The zero-order chi connectivity index (χ0) is 31.0. The number of hydrogen-bond donors (Lipinski definition) is 0. The van der Waals surface area contributed by atoms with Crippen molar-refractivity contribution in [3.63, 3.8) is 0 Å². The largest absolute Gasteiger partial charge is 0.212 e. The van der Waals surface area contributed by atoms with Crippen LogP contribution in [0.4, 0.5) is 0 Å². The molecule has 1 aliphatic rings. The monoisotopic (exact) mass is 578 g/mol. The fourth-order valence-corrected chi connectivity index (χ4v) is 6.61. The van der Waals surface area contributed by atoms with Crippen molar-refractivity contribution >= 4 is 0 Å². The van der Waals surface area contributed by atoms with E-state index in [-0.39, 0.29) is 10.8 Å². The van der Waals surface area contributed by atoms with Gasteiger partial charge < -0.3 is 0 Å². The molecule has 7 rings (SSSR count). The molecule has 44 heavy (non-hydrogen) atoms. The minimum absolute atomic E-state index is 0.0899. The van der Waals surface area contributed by atoms with Crippen LogP contribution in [0, 0.1) is 56.1 Å². The van der Waals surface area contributed by atoms with E-state index in [0.29, 0.717) is 0 Å². The Balaban J connectivity index is 1.81. The molecule has 0 N–H and O–H groups in total. The number of para-hydroxylation sites is 2. The second kappa shape index (κ2) is 9.84. The number of aryl methyl sites for hydroxylation is 2. The van der Waals surface area contributed by atoms with E-state index in [4.69, 9.17) is 20.6 Å². The summed E-state index contributed by atoms with van der Waals surface area (Å²) in [5, 5.41) is 27.3. The summed E-state index contributed by atoms with van der Waals surface area (Å²) in [7, 11) is 0. The van der Waals surface area contributed by atoms with E-state index < -0.39 is 0 Å². The van der Waals surface area contributed by atoms with Gasteiger partial charge in [-0.25, -0.2) is 9.36 Å². The Morgan fingerprint density at radius 1 is 0.455 bits per heavy atom. The summed E-state index contributed by atoms with van der Waals surface area (Å²) >= 11 is 0. The predicted octanol–water partition coefficient (Wildman–Crippen LogP) is 7.52. The zero-order valence-electron chi connectivity index (χ0n) is 26.8. The normalized spacial score (nSPS) is 15.8. The molecule has 0 bridgehead atoms. The maximum Gasteiger partial charge on any atom is 0.122 e. The van der Waals surface area contributed by atoms with Crippen molar-refractivity contribution in [3.8, 4) is 11.4 Å². The molecule has 0 fully saturated rings. The second-order valence-electron chi connectivity index (χ2n) is 13.9. The summed E-state index contributed by atoms with van der Waals surface area (Å²) in [6, 6.07) is 29.9. The lowest BCUT2D eigenvalue weighted by atomic mass is 9.84. The van der Waals surface area contributed by atoms with Gasteiger partial charge in [-0.05, 0) is 46.9 Å². The highest BCUT2D eigenvalue weighted by Gasteiger charge is 2.24. The van der Waals surface area contributed by atoms with Gasteiger partial charge in [0.15, 0.2) is 0 Å². The lowest BCUT2D eigenvalue weighted by Crippen LogP contribution is -2.17. The van der Waals surface area contributed by atoms with Crippen molar-refractivity contribution in [3.05, 3.63) is 149 Å². The molecule has 2 heterocycles. The summed E-state index contributed by atoms with van der Waals surface area (Å²) in [5.41, 5.74) is 6.71. The molecule has 0 saturated heterocycles. The van der Waals surface area contributed by atoms with Gasteiger partial charge in [0.05, 0.1) is 11.4 Å². The van der Waals surface area contributed by atoms with E-state index in [1.54, 1.807) is 0 Å². The van der Waals surface area contributed by atoms with Gasteiger partial charge in [0, 0.05) is 20.9 Å². The van der Waals surface area contributed by atoms with E-state index in [1.807, 2.05) is 0 Å². The van der Waals surface area contributed by atoms with Gasteiger partial charge in [0.1, 0.15) is 21.4 Å². The van der Waals surface area contributed by atoms with Crippen LogP contribution in [0.5, 0.6) is 0 Å². The molecule has 220 valence electrons. The van der Waals surface area contributed by atoms with Crippen molar-refractivity contribution in [2.24, 2.45) is 0 Å². The second-order valence-corrected chi connectivity index (χ2v) is 13.9. The summed E-state index contributed by atoms with van der Waals surface area (Å²) in [5.74, 6) is 0. The van der Waals surface area contributed by atoms with Crippen LogP contribution >= 0.6 is 0 Å². The smallest absolute Gasteiger partial charge is 0.122 e. The molecule has 6 heteroatoms. The maximum atomic E-state index is 4.94. The first-order chi connectivity index (χ1) is 21.0. The quantitative estimate of drug-likeness (QED) is 0.213. The van der Waals surface area contributed by atoms with Crippen LogP contribution in [0.3, 0.4) is 0 Å². The lowest BCUT2D eigenvalue weighted by Gasteiger charge is -2.24. The first-order valence-corrected chi connectivity index (χ1v) is 15.3. The van der Waals surface area contributed by atoms with E-state index in [9.17, 15) is 0 Å². The summed E-state index contributed by atoms with van der Waals surface area (Å²) in [6.07, 6.45) is 0. The molecule has 0 spiro atoms. The first-order valence-electron chi connectivity index (χ1n) is 15.3. The lowest BCUT2D eigenvalue weighted by molar-refractivity contribution is 0.579. The van der Waals surface area contributed by atoms with E-state index in [1.165, 1.54) is 11.1 Å². The maximum absolute atomic E-state index is 4.94. The van der Waals surface area contributed by atoms with Gasteiger partial charge in [-0.3, -0.25) is 0 Å². The number of aromatic nitrogens is 6. The van der Waals surface area contributed by atoms with Gasteiger partial charge in [-0.1, -0.05) is 137 Å². The third kappa shape index (κ3) is 4.23. The molecule has 0 aliphatic heterocycles. The predicted molar refractivity (Wildman–Crippen MR) is 173 cm³/mol. The Hall–Kier alpha value is -4.84.